The molecule has 2 aromatic heterocycles. The first-order valence-electron chi connectivity index (χ1n) is 2.91. The van der Waals surface area contributed by atoms with Gasteiger partial charge in [0, 0.05) is 12.4 Å². The van der Waals surface area contributed by atoms with E-state index >= 15 is 0 Å². The van der Waals surface area contributed by atoms with E-state index in [1.807, 2.05) is 0 Å². The second kappa shape index (κ2) is 2.75. The van der Waals surface area contributed by atoms with Crippen LogP contribution in [-0.2, 0) is 0 Å². The van der Waals surface area contributed by atoms with Gasteiger partial charge in [-0.15, -0.1) is 12.4 Å². The molecule has 58 valence electrons. The lowest BCUT2D eigenvalue weighted by Crippen LogP contribution is -1.89. The molecule has 0 saturated carbocycles. The minimum absolute atomic E-state index is 0. The lowest BCUT2D eigenvalue weighted by molar-refractivity contribution is 1.23. The first kappa shape index (κ1) is 7.81. The van der Waals surface area contributed by atoms with Crippen LogP contribution in [0.25, 0.3) is 10.9 Å². The van der Waals surface area contributed by atoms with Crippen LogP contribution in [0, 0.1) is 0 Å². The van der Waals surface area contributed by atoms with Crippen molar-refractivity contribution >= 4 is 29.1 Å². The Balaban J connectivity index is 0.000000605. The van der Waals surface area contributed by atoms with Crippen LogP contribution >= 0.6 is 12.4 Å². The molecule has 0 fully saturated rings. The van der Waals surface area contributed by atoms with Gasteiger partial charge in [-0.2, -0.15) is 0 Å². The van der Waals surface area contributed by atoms with Crippen molar-refractivity contribution in [3.63, 3.8) is 0 Å². The summed E-state index contributed by atoms with van der Waals surface area (Å²) in [5.74, 6) is 0.520. The second-order valence-electron chi connectivity index (χ2n) is 2.01. The van der Waals surface area contributed by atoms with Gasteiger partial charge >= 0.3 is 0 Å². The molecule has 11 heavy (non-hydrogen) atoms. The molecule has 2 aromatic rings. The van der Waals surface area contributed by atoms with Crippen LogP contribution in [0.1, 0.15) is 0 Å². The monoisotopic (exact) mass is 170 g/mol. The summed E-state index contributed by atoms with van der Waals surface area (Å²) in [5, 5.41) is 0.877. The third-order valence-corrected chi connectivity index (χ3v) is 1.39. The number of nitrogens with two attached hydrogens (primary N) is 1. The van der Waals surface area contributed by atoms with Gasteiger partial charge in [-0.3, -0.25) is 0 Å². The zero-order valence-corrected chi connectivity index (χ0v) is 6.43. The number of hydrogen-bond donors (Lipinski definition) is 2. The molecule has 2 rings (SSSR count). The van der Waals surface area contributed by atoms with Crippen LogP contribution in [0.15, 0.2) is 18.7 Å². The minimum Gasteiger partial charge on any atom is -0.383 e. The maximum Gasteiger partial charge on any atom is 0.136 e. The lowest BCUT2D eigenvalue weighted by atomic mass is 10.4. The van der Waals surface area contributed by atoms with Crippen LogP contribution in [-0.4, -0.2) is 15.0 Å². The predicted molar refractivity (Wildman–Crippen MR) is 45.5 cm³/mol. The standard InChI is InChI=1S/C6H6N4.ClH/c7-6-4-1-8-2-5(4)9-3-10-6;/h1-3,8H,(H2,7,9,10);1H. The van der Waals surface area contributed by atoms with Crippen molar-refractivity contribution in [3.05, 3.63) is 18.7 Å². The molecule has 0 aromatic carbocycles. The van der Waals surface area contributed by atoms with E-state index in [1.165, 1.54) is 6.33 Å². The first-order valence-corrected chi connectivity index (χ1v) is 2.91. The van der Waals surface area contributed by atoms with Crippen LogP contribution < -0.4 is 5.73 Å². The Morgan fingerprint density at radius 3 is 2.82 bits per heavy atom. The molecule has 4 nitrogen and oxygen atoms in total. The van der Waals surface area contributed by atoms with Gasteiger partial charge in [0.05, 0.1) is 10.9 Å². The number of aromatic nitrogens is 3. The summed E-state index contributed by atoms with van der Waals surface area (Å²) in [6.45, 7) is 0. The van der Waals surface area contributed by atoms with Gasteiger partial charge in [0.15, 0.2) is 0 Å². The number of H-pyrrole nitrogens is 1. The Hall–Kier alpha value is -1.29. The van der Waals surface area contributed by atoms with Gasteiger partial charge in [0.1, 0.15) is 12.1 Å². The van der Waals surface area contributed by atoms with E-state index in [2.05, 4.69) is 15.0 Å². The fourth-order valence-corrected chi connectivity index (χ4v) is 0.890. The zero-order valence-electron chi connectivity index (χ0n) is 5.61. The first-order chi connectivity index (χ1) is 4.88. The summed E-state index contributed by atoms with van der Waals surface area (Å²) >= 11 is 0. The Morgan fingerprint density at radius 1 is 1.27 bits per heavy atom. The number of nitrogens with zero attached hydrogens (tertiary/aromatic N) is 2. The minimum atomic E-state index is 0. The van der Waals surface area contributed by atoms with E-state index < -0.39 is 0 Å². The van der Waals surface area contributed by atoms with Crippen molar-refractivity contribution in [2.75, 3.05) is 5.73 Å². The van der Waals surface area contributed by atoms with Crippen LogP contribution in [0.2, 0.25) is 0 Å². The Kier molecular flexibility index (Phi) is 1.96. The summed E-state index contributed by atoms with van der Waals surface area (Å²) in [6.07, 6.45) is 5.02. The number of anilines is 1. The number of rotatable bonds is 0. The molecule has 3 N–H and O–H groups in total. The van der Waals surface area contributed by atoms with Gasteiger partial charge in [0.2, 0.25) is 0 Å². The maximum atomic E-state index is 5.53. The third kappa shape index (κ3) is 1.12. The molecule has 0 aliphatic heterocycles. The maximum absolute atomic E-state index is 5.53. The van der Waals surface area contributed by atoms with E-state index in [4.69, 9.17) is 5.73 Å². The van der Waals surface area contributed by atoms with E-state index in [1.54, 1.807) is 12.4 Å². The molecule has 0 aliphatic carbocycles. The van der Waals surface area contributed by atoms with E-state index in [0.29, 0.717) is 5.82 Å². The Morgan fingerprint density at radius 2 is 2.09 bits per heavy atom. The molecule has 0 amide bonds. The fourth-order valence-electron chi connectivity index (χ4n) is 0.890. The summed E-state index contributed by atoms with van der Waals surface area (Å²) in [6, 6.07) is 0. The molecule has 0 bridgehead atoms. The Bertz CT molecular complexity index is 356. The van der Waals surface area contributed by atoms with Gasteiger partial charge in [0.25, 0.3) is 0 Å². The molecule has 0 spiro atoms. The normalized spacial score (nSPS) is 9.45. The van der Waals surface area contributed by atoms with Crippen molar-refractivity contribution < 1.29 is 0 Å². The van der Waals surface area contributed by atoms with Crippen molar-refractivity contribution in [1.82, 2.24) is 15.0 Å². The topological polar surface area (TPSA) is 67.6 Å². The van der Waals surface area contributed by atoms with Crippen molar-refractivity contribution in [1.29, 1.82) is 0 Å². The van der Waals surface area contributed by atoms with Gasteiger partial charge in [-0.25, -0.2) is 9.97 Å². The molecule has 0 aliphatic rings. The lowest BCUT2D eigenvalue weighted by Gasteiger charge is -1.90. The predicted octanol–water partition coefficient (Wildman–Crippen LogP) is 0.962. The van der Waals surface area contributed by atoms with Crippen LogP contribution in [0.3, 0.4) is 0 Å². The number of hydrogen-bond acceptors (Lipinski definition) is 3. The molecule has 0 atom stereocenters. The van der Waals surface area contributed by atoms with Crippen LogP contribution in [0.4, 0.5) is 5.82 Å². The molecule has 0 unspecified atom stereocenters. The third-order valence-electron chi connectivity index (χ3n) is 1.39. The highest BCUT2D eigenvalue weighted by molar-refractivity contribution is 5.86. The quantitative estimate of drug-likeness (QED) is 0.619. The molecular formula is C6H7ClN4. The smallest absolute Gasteiger partial charge is 0.136 e. The summed E-state index contributed by atoms with van der Waals surface area (Å²) in [7, 11) is 0. The molecule has 5 heteroatoms. The zero-order chi connectivity index (χ0) is 6.97. The average molecular weight is 171 g/mol. The van der Waals surface area contributed by atoms with E-state index in [-0.39, 0.29) is 12.4 Å². The second-order valence-corrected chi connectivity index (χ2v) is 2.01. The summed E-state index contributed by atoms with van der Waals surface area (Å²) in [5.41, 5.74) is 6.38. The van der Waals surface area contributed by atoms with Gasteiger partial charge in [-0.1, -0.05) is 0 Å². The number of fused-ring (bicyclic) bond motifs is 1. The molecular weight excluding hydrogens is 164 g/mol. The van der Waals surface area contributed by atoms with Crippen LogP contribution in [0.5, 0.6) is 0 Å². The number of nitrogens with one attached hydrogen (secondary N) is 1. The summed E-state index contributed by atoms with van der Waals surface area (Å²) < 4.78 is 0. The van der Waals surface area contributed by atoms with Gasteiger partial charge in [-0.05, 0) is 0 Å². The Labute approximate surface area is 69.3 Å². The van der Waals surface area contributed by atoms with Gasteiger partial charge < -0.3 is 10.7 Å². The molecule has 0 saturated heterocycles. The average Bonchev–Trinajstić information content (AvgIpc) is 2.36. The molecule has 2 heterocycles. The van der Waals surface area contributed by atoms with Crippen molar-refractivity contribution in [2.45, 2.75) is 0 Å². The molecule has 0 radical (unpaired) electrons. The highest BCUT2D eigenvalue weighted by Crippen LogP contribution is 2.13. The SMILES string of the molecule is Cl.Nc1ncnc2c[nH]cc12. The number of nitrogen functional groups attached to an aromatic ring is 1. The van der Waals surface area contributed by atoms with Crippen molar-refractivity contribution in [3.8, 4) is 0 Å². The van der Waals surface area contributed by atoms with E-state index in [0.717, 1.165) is 10.9 Å². The fraction of sp³-hybridized carbons (Fsp3) is 0. The number of halogens is 1. The highest BCUT2D eigenvalue weighted by atomic mass is 35.5. The summed E-state index contributed by atoms with van der Waals surface area (Å²) in [4.78, 5) is 10.7. The highest BCUT2D eigenvalue weighted by Gasteiger charge is 1.97. The largest absolute Gasteiger partial charge is 0.383 e. The van der Waals surface area contributed by atoms with Crippen molar-refractivity contribution in [2.24, 2.45) is 0 Å². The van der Waals surface area contributed by atoms with E-state index in [9.17, 15) is 0 Å². The number of aromatic amines is 1.